The van der Waals surface area contributed by atoms with Crippen molar-refractivity contribution in [1.29, 1.82) is 0 Å². The predicted molar refractivity (Wildman–Crippen MR) is 432 cm³/mol. The molecule has 107 heavy (non-hydrogen) atoms. The first-order valence-corrected chi connectivity index (χ1v) is 39.1. The third kappa shape index (κ3) is 18.6. The van der Waals surface area contributed by atoms with Gasteiger partial charge in [0.05, 0.1) is 83.9 Å². The van der Waals surface area contributed by atoms with Crippen molar-refractivity contribution < 1.29 is 53.1 Å². The fourth-order valence-corrected chi connectivity index (χ4v) is 15.2. The van der Waals surface area contributed by atoms with Gasteiger partial charge in [-0.05, 0) is 216 Å². The molecule has 12 nitrogen and oxygen atoms in total. The number of hydrogen-bond acceptors (Lipinski definition) is 10. The normalized spacial score (nSPS) is 15.0. The van der Waals surface area contributed by atoms with Gasteiger partial charge in [-0.3, -0.25) is 0 Å². The Balaban J connectivity index is 0.0000101. The molecule has 3 aromatic heterocycles. The molecular formula is C93H91N5O7SZn. The van der Waals surface area contributed by atoms with Gasteiger partial charge in [-0.25, -0.2) is 14.8 Å². The van der Waals surface area contributed by atoms with Crippen LogP contribution in [0.4, 0.5) is 11.4 Å². The van der Waals surface area contributed by atoms with Crippen LogP contribution in [0.25, 0.3) is 79.8 Å². The van der Waals surface area contributed by atoms with E-state index in [1.54, 1.807) is 36.0 Å². The van der Waals surface area contributed by atoms with Crippen LogP contribution >= 0.6 is 11.8 Å². The third-order valence-corrected chi connectivity index (χ3v) is 20.8. The Bertz CT molecular complexity index is 4930. The van der Waals surface area contributed by atoms with E-state index in [2.05, 4.69) is 140 Å². The second kappa shape index (κ2) is 37.3. The quantitative estimate of drug-likeness (QED) is 0.0507. The molecule has 0 amide bonds. The molecule has 6 aromatic carbocycles. The number of carboxylic acid groups (broad SMARTS) is 1. The molecule has 0 fully saturated rings. The van der Waals surface area contributed by atoms with Crippen molar-refractivity contribution in [2.75, 3.05) is 44.5 Å². The van der Waals surface area contributed by atoms with Gasteiger partial charge >= 0.3 is 25.4 Å². The predicted octanol–water partition coefficient (Wildman–Crippen LogP) is 22.9. The Morgan fingerprint density at radius 3 is 1.42 bits per heavy atom. The molecule has 0 unspecified atom stereocenters. The van der Waals surface area contributed by atoms with E-state index < -0.39 is 5.97 Å². The number of aromatic carboxylic acids is 1. The molecule has 1 N–H and O–H groups in total. The van der Waals surface area contributed by atoms with Crippen LogP contribution in [0.2, 0.25) is 0 Å². The summed E-state index contributed by atoms with van der Waals surface area (Å²) in [5.41, 5.74) is 15.3. The van der Waals surface area contributed by atoms with Gasteiger partial charge in [0, 0.05) is 49.7 Å². The number of benzene rings is 6. The van der Waals surface area contributed by atoms with Gasteiger partial charge in [-0.15, -0.1) is 22.1 Å². The smallest absolute Gasteiger partial charge is 0.656 e. The van der Waals surface area contributed by atoms with E-state index in [0.717, 1.165) is 148 Å². The molecule has 0 spiro atoms. The first-order chi connectivity index (χ1) is 52.3. The molecule has 5 aliphatic heterocycles. The molecule has 9 aromatic rings. The molecular weight excluding hydrogens is 1400 g/mol. The van der Waals surface area contributed by atoms with E-state index in [1.807, 2.05) is 72.8 Å². The minimum absolute atomic E-state index is 0. The second-order valence-electron chi connectivity index (χ2n) is 27.4. The number of rotatable bonds is 13. The Morgan fingerprint density at radius 1 is 0.467 bits per heavy atom. The number of fused-ring (bicyclic) bond motifs is 2. The molecule has 538 valence electrons. The Morgan fingerprint density at radius 2 is 0.916 bits per heavy atom. The van der Waals surface area contributed by atoms with Gasteiger partial charge in [0.1, 0.15) is 28.7 Å². The van der Waals surface area contributed by atoms with Crippen molar-refractivity contribution in [1.82, 2.24) is 19.9 Å². The van der Waals surface area contributed by atoms with Crippen molar-refractivity contribution in [3.8, 4) is 85.8 Å². The Hall–Kier alpha value is -10.2. The SMILES string of the molecule is CCCCCCOc1ccc(-c2ccc3c(c2)Sc2cc(C#Cc4c5nc(c6c7ccc([n-]7)c(C#Cc7ccc(C(=O)O)cc7)c7nc(c(c8ccc4[n-]8)-c4c8cccc4OCCCC/C=C/CCCCOc4cccc(c4-6)OCCCC/C=C/CCCCO8)C=C7)C=C5)ccc2N3CCCCCC)cc1.[Zn+2]. The third-order valence-electron chi connectivity index (χ3n) is 19.7. The largest absolute Gasteiger partial charge is 2.00 e. The zero-order chi connectivity index (χ0) is 72.2. The fourth-order valence-electron chi connectivity index (χ4n) is 14.0. The molecule has 8 heterocycles. The Labute approximate surface area is 647 Å². The number of anilines is 2. The minimum atomic E-state index is -1.01. The molecule has 12 bridgehead atoms. The number of nitrogens with zero attached hydrogens (tertiary/aromatic N) is 5. The monoisotopic (exact) mass is 1490 g/mol. The summed E-state index contributed by atoms with van der Waals surface area (Å²) in [6.45, 7) is 8.05. The van der Waals surface area contributed by atoms with Crippen molar-refractivity contribution in [2.45, 2.75) is 152 Å². The topological polar surface area (TPSA) is 141 Å². The van der Waals surface area contributed by atoms with Crippen LogP contribution in [0.3, 0.4) is 0 Å². The zero-order valence-corrected chi connectivity index (χ0v) is 65.4. The molecule has 14 rings (SSSR count). The standard InChI is InChI=1S/C93H92N5O7S.Zn/c1-3-5-7-21-57-98-81-55-37-66(63-87(81)106-88-64-69(42-56-82(88)98)67-40-43-70(44-41-67)101-58-22-8-6-4-2)36-46-72-75-49-53-79(96-75)89-77-51-47-73(94-77)71(45-35-65-33-38-68(39-34-65)93(99)100)74-48-52-78(95-74)90(80-54-50-76(72)97-80)92-84-30-28-32-86(92)105-62-26-20-16-12-11-15-19-25-61-104-85-31-27-29-83(91(85)89)102-59-23-17-13-9-10-14-18-24-60-103-84;/h9-12,27-34,37-44,47-56,63-64H,3-8,13-26,57-62H2,1-2H3,(H2-,94,95,96,97,99,100);/q-1;+2/p-1/b10-9+,12-11+,73-71?,74-71?,75-72?,76-72?,89-77?,89-79?,90-78?,90-80?;. The van der Waals surface area contributed by atoms with Gasteiger partial charge in [-0.1, -0.05) is 167 Å². The average molecular weight is 1490 g/mol. The van der Waals surface area contributed by atoms with E-state index in [-0.39, 0.29) is 25.0 Å². The van der Waals surface area contributed by atoms with Gasteiger partial charge in [0.2, 0.25) is 0 Å². The van der Waals surface area contributed by atoms with Crippen molar-refractivity contribution >= 4 is 75.5 Å². The summed E-state index contributed by atoms with van der Waals surface area (Å²) >= 11 is 1.80. The van der Waals surface area contributed by atoms with E-state index in [1.165, 1.54) is 48.4 Å². The van der Waals surface area contributed by atoms with E-state index in [0.29, 0.717) is 122 Å². The molecule has 0 saturated heterocycles. The van der Waals surface area contributed by atoms with Crippen LogP contribution in [0, 0.1) is 23.7 Å². The van der Waals surface area contributed by atoms with Crippen LogP contribution in [0.1, 0.15) is 198 Å². The number of hydrogen-bond donors (Lipinski definition) is 1. The summed E-state index contributed by atoms with van der Waals surface area (Å²) in [5.74, 6) is 16.8. The molecule has 0 atom stereocenters. The molecule has 5 aliphatic rings. The number of carboxylic acids is 1. The summed E-state index contributed by atoms with van der Waals surface area (Å²) in [7, 11) is 0. The van der Waals surface area contributed by atoms with Crippen LogP contribution in [-0.2, 0) is 19.5 Å². The van der Waals surface area contributed by atoms with Crippen LogP contribution in [-0.4, -0.2) is 60.6 Å². The maximum absolute atomic E-state index is 12.0. The van der Waals surface area contributed by atoms with Crippen LogP contribution in [0.15, 0.2) is 180 Å². The zero-order valence-electron chi connectivity index (χ0n) is 61.6. The summed E-state index contributed by atoms with van der Waals surface area (Å²) in [6.07, 6.45) is 37.5. The van der Waals surface area contributed by atoms with Gasteiger partial charge in [0.15, 0.2) is 0 Å². The number of ether oxygens (including phenoxy) is 5. The summed E-state index contributed by atoms with van der Waals surface area (Å²) in [4.78, 5) is 39.4. The van der Waals surface area contributed by atoms with E-state index >= 15 is 0 Å². The van der Waals surface area contributed by atoms with E-state index in [9.17, 15) is 9.90 Å². The van der Waals surface area contributed by atoms with Gasteiger partial charge < -0.3 is 43.7 Å². The van der Waals surface area contributed by atoms with Crippen molar-refractivity contribution in [3.63, 3.8) is 0 Å². The summed E-state index contributed by atoms with van der Waals surface area (Å²) in [6, 6.07) is 48.9. The first-order valence-electron chi connectivity index (χ1n) is 38.3. The molecule has 0 aliphatic carbocycles. The number of aromatic nitrogens is 4. The number of carbonyl (C=O) groups is 1. The average Bonchev–Trinajstić information content (AvgIpc) is 1.53. The second-order valence-corrected chi connectivity index (χ2v) is 28.5. The minimum Gasteiger partial charge on any atom is -0.656 e. The number of unbranched alkanes of at least 4 members (excludes halogenated alkanes) is 6. The maximum atomic E-state index is 12.0. The van der Waals surface area contributed by atoms with Crippen molar-refractivity contribution in [2.24, 2.45) is 0 Å². The summed E-state index contributed by atoms with van der Waals surface area (Å²) in [5, 5.41) is 9.85. The maximum Gasteiger partial charge on any atom is 2.00 e. The number of allylic oxidation sites excluding steroid dienone is 4. The van der Waals surface area contributed by atoms with Gasteiger partial charge in [-0.2, -0.15) is 0 Å². The van der Waals surface area contributed by atoms with Crippen molar-refractivity contribution in [3.05, 3.63) is 220 Å². The van der Waals surface area contributed by atoms with Crippen LogP contribution in [0.5, 0.6) is 28.7 Å². The van der Waals surface area contributed by atoms with Gasteiger partial charge in [0.25, 0.3) is 0 Å². The fraction of sp³-hybridized carbons (Fsp3) is 0.301. The molecule has 0 saturated carbocycles. The molecule has 0 radical (unpaired) electrons. The Kier molecular flexibility index (Phi) is 26.2. The van der Waals surface area contributed by atoms with Crippen LogP contribution < -0.4 is 38.6 Å². The van der Waals surface area contributed by atoms with E-state index in [4.69, 9.17) is 43.6 Å². The molecule has 14 heteroatoms. The summed E-state index contributed by atoms with van der Waals surface area (Å²) < 4.78 is 34.1. The first kappa shape index (κ1) is 75.0.